The molecular weight excluding hydrogens is 314 g/mol. The van der Waals surface area contributed by atoms with Gasteiger partial charge in [0.2, 0.25) is 5.91 Å². The summed E-state index contributed by atoms with van der Waals surface area (Å²) in [4.78, 5) is 14.1. The Morgan fingerprint density at radius 1 is 1.17 bits per heavy atom. The van der Waals surface area contributed by atoms with Gasteiger partial charge >= 0.3 is 10.1 Å². The Morgan fingerprint density at radius 2 is 1.78 bits per heavy atom. The van der Waals surface area contributed by atoms with Gasteiger partial charge in [-0.15, -0.1) is 0 Å². The van der Waals surface area contributed by atoms with Gasteiger partial charge in [-0.2, -0.15) is 8.42 Å². The van der Waals surface area contributed by atoms with Crippen molar-refractivity contribution >= 4 is 16.0 Å². The first-order valence-corrected chi connectivity index (χ1v) is 9.64. The Hall–Kier alpha value is -1.56. The van der Waals surface area contributed by atoms with Crippen LogP contribution in [0.1, 0.15) is 46.1 Å². The van der Waals surface area contributed by atoms with Crippen LogP contribution in [0.5, 0.6) is 5.75 Å². The first kappa shape index (κ1) is 19.5. The van der Waals surface area contributed by atoms with Crippen molar-refractivity contribution in [2.45, 2.75) is 47.1 Å². The lowest BCUT2D eigenvalue weighted by atomic mass is 10.1. The molecule has 0 bridgehead atoms. The number of nitrogens with zero attached hydrogens (tertiary/aromatic N) is 1. The number of benzene rings is 1. The van der Waals surface area contributed by atoms with E-state index in [1.807, 2.05) is 11.8 Å². The largest absolute Gasteiger partial charge is 0.382 e. The van der Waals surface area contributed by atoms with Crippen LogP contribution in [0.2, 0.25) is 0 Å². The highest BCUT2D eigenvalue weighted by atomic mass is 32.2. The zero-order valence-electron chi connectivity index (χ0n) is 14.4. The van der Waals surface area contributed by atoms with E-state index in [0.717, 1.165) is 12.0 Å². The van der Waals surface area contributed by atoms with Crippen LogP contribution in [0.25, 0.3) is 0 Å². The van der Waals surface area contributed by atoms with E-state index in [1.165, 1.54) is 6.92 Å². The fraction of sp³-hybridized carbons (Fsp3) is 0.588. The highest BCUT2D eigenvalue weighted by Crippen LogP contribution is 2.17. The molecule has 0 aliphatic carbocycles. The van der Waals surface area contributed by atoms with Crippen molar-refractivity contribution in [3.05, 3.63) is 29.8 Å². The Balaban J connectivity index is 2.79. The number of carbonyl (C=O) groups excluding carboxylic acids is 1. The monoisotopic (exact) mass is 341 g/mol. The second-order valence-electron chi connectivity index (χ2n) is 5.99. The molecule has 0 saturated carbocycles. The first-order valence-electron chi connectivity index (χ1n) is 8.06. The molecule has 5 nitrogen and oxygen atoms in total. The topological polar surface area (TPSA) is 63.7 Å². The quantitative estimate of drug-likeness (QED) is 0.647. The van der Waals surface area contributed by atoms with Gasteiger partial charge < -0.3 is 9.08 Å². The van der Waals surface area contributed by atoms with Gasteiger partial charge in [-0.3, -0.25) is 4.79 Å². The predicted molar refractivity (Wildman–Crippen MR) is 91.7 cm³/mol. The highest BCUT2D eigenvalue weighted by molar-refractivity contribution is 7.87. The lowest BCUT2D eigenvalue weighted by Gasteiger charge is -2.24. The minimum atomic E-state index is -3.51. The third kappa shape index (κ3) is 7.03. The van der Waals surface area contributed by atoms with Crippen molar-refractivity contribution in [1.82, 2.24) is 4.90 Å². The van der Waals surface area contributed by atoms with E-state index in [0.29, 0.717) is 31.2 Å². The molecule has 1 aromatic carbocycles. The van der Waals surface area contributed by atoms with E-state index >= 15 is 0 Å². The lowest BCUT2D eigenvalue weighted by Crippen LogP contribution is -2.33. The molecule has 0 saturated heterocycles. The van der Waals surface area contributed by atoms with Gasteiger partial charge in [-0.05, 0) is 37.0 Å². The molecule has 0 unspecified atom stereocenters. The van der Waals surface area contributed by atoms with Crippen LogP contribution >= 0.6 is 0 Å². The highest BCUT2D eigenvalue weighted by Gasteiger charge is 2.15. The molecule has 1 amide bonds. The third-order valence-corrected chi connectivity index (χ3v) is 4.43. The number of carbonyl (C=O) groups is 1. The summed E-state index contributed by atoms with van der Waals surface area (Å²) in [7, 11) is -3.51. The van der Waals surface area contributed by atoms with Crippen LogP contribution in [0.3, 0.4) is 0 Å². The summed E-state index contributed by atoms with van der Waals surface area (Å²) in [5.74, 6) is 0.775. The van der Waals surface area contributed by atoms with Crippen molar-refractivity contribution in [2.24, 2.45) is 5.92 Å². The van der Waals surface area contributed by atoms with Crippen LogP contribution in [0, 0.1) is 5.92 Å². The van der Waals surface area contributed by atoms with Gasteiger partial charge in [-0.25, -0.2) is 0 Å². The van der Waals surface area contributed by atoms with Crippen LogP contribution < -0.4 is 4.18 Å². The second-order valence-corrected chi connectivity index (χ2v) is 7.85. The molecule has 1 aromatic rings. The van der Waals surface area contributed by atoms with E-state index in [4.69, 9.17) is 4.18 Å². The molecule has 6 heteroatoms. The second kappa shape index (κ2) is 8.91. The van der Waals surface area contributed by atoms with Crippen LogP contribution in [-0.2, 0) is 21.5 Å². The molecule has 0 aliphatic rings. The van der Waals surface area contributed by atoms with Gasteiger partial charge in [-0.1, -0.05) is 32.9 Å². The summed E-state index contributed by atoms with van der Waals surface area (Å²) in [5.41, 5.74) is 0.955. The van der Waals surface area contributed by atoms with Crippen LogP contribution in [-0.4, -0.2) is 31.5 Å². The molecule has 0 N–H and O–H groups in total. The van der Waals surface area contributed by atoms with E-state index in [2.05, 4.69) is 13.8 Å². The minimum Gasteiger partial charge on any atom is -0.382 e. The standard InChI is InChI=1S/C17H27NO4S/c1-5-7-17(19)18(12-14(3)4)13-15-8-10-16(11-9-15)22-23(20,21)6-2/h8-11,14H,5-7,12-13H2,1-4H3. The van der Waals surface area contributed by atoms with Crippen LogP contribution in [0.4, 0.5) is 0 Å². The molecule has 0 aromatic heterocycles. The number of rotatable bonds is 9. The van der Waals surface area contributed by atoms with Crippen molar-refractivity contribution in [3.8, 4) is 5.75 Å². The van der Waals surface area contributed by atoms with Crippen molar-refractivity contribution in [1.29, 1.82) is 0 Å². The normalized spacial score (nSPS) is 11.5. The number of hydrogen-bond acceptors (Lipinski definition) is 4. The zero-order chi connectivity index (χ0) is 17.5. The molecule has 130 valence electrons. The number of amides is 1. The molecule has 0 atom stereocenters. The van der Waals surface area contributed by atoms with Gasteiger partial charge in [0.1, 0.15) is 5.75 Å². The minimum absolute atomic E-state index is 0.0670. The summed E-state index contributed by atoms with van der Waals surface area (Å²) < 4.78 is 27.8. The molecule has 0 spiro atoms. The van der Waals surface area contributed by atoms with Crippen molar-refractivity contribution in [3.63, 3.8) is 0 Å². The van der Waals surface area contributed by atoms with Gasteiger partial charge in [0.15, 0.2) is 0 Å². The van der Waals surface area contributed by atoms with E-state index < -0.39 is 10.1 Å². The summed E-state index contributed by atoms with van der Waals surface area (Å²) in [6.07, 6.45) is 1.37. The zero-order valence-corrected chi connectivity index (χ0v) is 15.2. The van der Waals surface area contributed by atoms with Crippen LogP contribution in [0.15, 0.2) is 24.3 Å². The van der Waals surface area contributed by atoms with Crippen molar-refractivity contribution < 1.29 is 17.4 Å². The summed E-state index contributed by atoms with van der Waals surface area (Å²) in [6, 6.07) is 6.85. The lowest BCUT2D eigenvalue weighted by molar-refractivity contribution is -0.132. The van der Waals surface area contributed by atoms with Gasteiger partial charge in [0, 0.05) is 19.5 Å². The summed E-state index contributed by atoms with van der Waals surface area (Å²) in [5, 5.41) is 0. The van der Waals surface area contributed by atoms with E-state index in [9.17, 15) is 13.2 Å². The van der Waals surface area contributed by atoms with E-state index in [-0.39, 0.29) is 11.7 Å². The predicted octanol–water partition coefficient (Wildman–Crippen LogP) is 3.20. The third-order valence-electron chi connectivity index (χ3n) is 3.28. The van der Waals surface area contributed by atoms with Crippen molar-refractivity contribution in [2.75, 3.05) is 12.3 Å². The fourth-order valence-electron chi connectivity index (χ4n) is 2.14. The molecule has 0 fully saturated rings. The Bertz CT molecular complexity index is 594. The fourth-order valence-corrected chi connectivity index (χ4v) is 2.67. The van der Waals surface area contributed by atoms with Gasteiger partial charge in [0.25, 0.3) is 0 Å². The molecule has 0 aliphatic heterocycles. The molecule has 23 heavy (non-hydrogen) atoms. The Kier molecular flexibility index (Phi) is 7.55. The maximum absolute atomic E-state index is 12.2. The average Bonchev–Trinajstić information content (AvgIpc) is 2.48. The SMILES string of the molecule is CCCC(=O)N(Cc1ccc(OS(=O)(=O)CC)cc1)CC(C)C. The number of hydrogen-bond donors (Lipinski definition) is 0. The Labute approximate surface area is 139 Å². The summed E-state index contributed by atoms with van der Waals surface area (Å²) >= 11 is 0. The first-order chi connectivity index (χ1) is 10.8. The smallest absolute Gasteiger partial charge is 0.308 e. The Morgan fingerprint density at radius 3 is 2.26 bits per heavy atom. The van der Waals surface area contributed by atoms with Gasteiger partial charge in [0.05, 0.1) is 5.75 Å². The average molecular weight is 341 g/mol. The maximum Gasteiger partial charge on any atom is 0.308 e. The molecule has 0 heterocycles. The maximum atomic E-state index is 12.2. The molecular formula is C17H27NO4S. The van der Waals surface area contributed by atoms with E-state index in [1.54, 1.807) is 24.3 Å². The summed E-state index contributed by atoms with van der Waals surface area (Å²) in [6.45, 7) is 8.93. The molecule has 1 rings (SSSR count). The molecule has 0 radical (unpaired) electrons.